The lowest BCUT2D eigenvalue weighted by Crippen LogP contribution is -2.38. The molecule has 1 aromatic rings. The Morgan fingerprint density at radius 2 is 2.37 bits per heavy atom. The quantitative estimate of drug-likeness (QED) is 0.706. The maximum Gasteiger partial charge on any atom is 0.254 e. The molecule has 1 unspecified atom stereocenters. The molecule has 0 aromatic carbocycles. The molecule has 5 heteroatoms. The third kappa shape index (κ3) is 2.93. The molecular weight excluding hydrogens is 242 g/mol. The van der Waals surface area contributed by atoms with Crippen LogP contribution in [0.2, 0.25) is 0 Å². The van der Waals surface area contributed by atoms with Crippen molar-refractivity contribution in [2.45, 2.75) is 32.7 Å². The molecule has 0 bridgehead atoms. The highest BCUT2D eigenvalue weighted by Crippen LogP contribution is 2.21. The predicted octanol–water partition coefficient (Wildman–Crippen LogP) is 0.706. The summed E-state index contributed by atoms with van der Waals surface area (Å²) in [7, 11) is 0. The molecule has 1 aromatic heterocycles. The highest BCUT2D eigenvalue weighted by Gasteiger charge is 2.20. The fourth-order valence-electron chi connectivity index (χ4n) is 2.34. The Kier molecular flexibility index (Phi) is 4.50. The summed E-state index contributed by atoms with van der Waals surface area (Å²) in [4.78, 5) is 18.5. The smallest absolute Gasteiger partial charge is 0.254 e. The molecule has 0 aliphatic heterocycles. The summed E-state index contributed by atoms with van der Waals surface area (Å²) in [6.45, 7) is 4.99. The molecule has 1 heterocycles. The first-order chi connectivity index (χ1) is 9.17. The maximum atomic E-state index is 11.6. The van der Waals surface area contributed by atoms with E-state index in [1.54, 1.807) is 0 Å². The van der Waals surface area contributed by atoms with Crippen LogP contribution in [-0.2, 0) is 6.42 Å². The van der Waals surface area contributed by atoms with E-state index in [-0.39, 0.29) is 18.2 Å². The van der Waals surface area contributed by atoms with E-state index < -0.39 is 0 Å². The second-order valence-corrected chi connectivity index (χ2v) is 5.05. The highest BCUT2D eigenvalue weighted by molar-refractivity contribution is 5.70. The molecule has 0 spiro atoms. The molecule has 19 heavy (non-hydrogen) atoms. The third-order valence-corrected chi connectivity index (χ3v) is 3.89. The van der Waals surface area contributed by atoms with Gasteiger partial charge in [-0.25, -0.2) is 4.98 Å². The molecule has 0 fully saturated rings. The number of allylic oxidation sites excluding steroid dienone is 1. The summed E-state index contributed by atoms with van der Waals surface area (Å²) in [5.74, 6) is 0.415. The van der Waals surface area contributed by atoms with Crippen molar-refractivity contribution in [2.75, 3.05) is 13.2 Å². The number of rotatable bonds is 6. The van der Waals surface area contributed by atoms with Gasteiger partial charge >= 0.3 is 0 Å². The Hall–Kier alpha value is -1.46. The molecule has 3 N–H and O–H groups in total. The van der Waals surface area contributed by atoms with E-state index >= 15 is 0 Å². The van der Waals surface area contributed by atoms with Crippen LogP contribution in [0.4, 0.5) is 0 Å². The van der Waals surface area contributed by atoms with E-state index in [1.165, 1.54) is 6.33 Å². The number of aromatic nitrogens is 2. The van der Waals surface area contributed by atoms with Gasteiger partial charge in [0.25, 0.3) is 5.56 Å². The molecule has 5 nitrogen and oxygen atoms in total. The normalized spacial score (nSPS) is 16.9. The van der Waals surface area contributed by atoms with Crippen LogP contribution in [-0.4, -0.2) is 34.3 Å². The van der Waals surface area contributed by atoms with Gasteiger partial charge in [0.05, 0.1) is 18.6 Å². The van der Waals surface area contributed by atoms with Crippen LogP contribution in [0.15, 0.2) is 17.2 Å². The zero-order valence-electron chi connectivity index (χ0n) is 11.4. The summed E-state index contributed by atoms with van der Waals surface area (Å²) < 4.78 is 0. The second-order valence-electron chi connectivity index (χ2n) is 5.05. The SMILES string of the molecule is CC[C@H](C)C(CO)NCC1=CCc2c1nc[nH]c2=O. The van der Waals surface area contributed by atoms with Crippen LogP contribution in [0.3, 0.4) is 0 Å². The van der Waals surface area contributed by atoms with E-state index in [4.69, 9.17) is 0 Å². The van der Waals surface area contributed by atoms with Crippen molar-refractivity contribution in [3.63, 3.8) is 0 Å². The topological polar surface area (TPSA) is 78.0 Å². The molecule has 0 saturated carbocycles. The number of H-pyrrole nitrogens is 1. The maximum absolute atomic E-state index is 11.6. The van der Waals surface area contributed by atoms with Crippen molar-refractivity contribution in [2.24, 2.45) is 5.92 Å². The zero-order chi connectivity index (χ0) is 13.8. The van der Waals surface area contributed by atoms with Crippen molar-refractivity contribution >= 4 is 5.57 Å². The minimum Gasteiger partial charge on any atom is -0.395 e. The summed E-state index contributed by atoms with van der Waals surface area (Å²) in [6.07, 6.45) is 5.14. The van der Waals surface area contributed by atoms with Crippen molar-refractivity contribution in [1.82, 2.24) is 15.3 Å². The van der Waals surface area contributed by atoms with Crippen LogP contribution in [0.5, 0.6) is 0 Å². The standard InChI is InChI=1S/C14H21N3O2/c1-3-9(2)12(7-18)15-6-10-4-5-11-13(10)16-8-17-14(11)19/h4,8-9,12,15,18H,3,5-7H2,1-2H3,(H,16,17,19)/t9-,12?/m0/s1. The zero-order valence-corrected chi connectivity index (χ0v) is 11.4. The van der Waals surface area contributed by atoms with Gasteiger partial charge in [0.15, 0.2) is 0 Å². The lowest BCUT2D eigenvalue weighted by Gasteiger charge is -2.22. The van der Waals surface area contributed by atoms with Gasteiger partial charge in [-0.1, -0.05) is 26.3 Å². The van der Waals surface area contributed by atoms with Gasteiger partial charge in [-0.2, -0.15) is 0 Å². The third-order valence-electron chi connectivity index (χ3n) is 3.89. The summed E-state index contributed by atoms with van der Waals surface area (Å²) in [5, 5.41) is 12.7. The predicted molar refractivity (Wildman–Crippen MR) is 74.9 cm³/mol. The van der Waals surface area contributed by atoms with E-state index in [0.29, 0.717) is 18.9 Å². The number of hydrogen-bond donors (Lipinski definition) is 3. The van der Waals surface area contributed by atoms with Crippen LogP contribution in [0.25, 0.3) is 5.57 Å². The number of nitrogens with one attached hydrogen (secondary N) is 2. The molecule has 0 saturated heterocycles. The second kappa shape index (κ2) is 6.12. The first-order valence-corrected chi connectivity index (χ1v) is 6.77. The van der Waals surface area contributed by atoms with E-state index in [2.05, 4.69) is 29.1 Å². The number of nitrogens with zero attached hydrogens (tertiary/aromatic N) is 1. The lowest BCUT2D eigenvalue weighted by molar-refractivity contribution is 0.206. The first-order valence-electron chi connectivity index (χ1n) is 6.77. The number of aliphatic hydroxyl groups excluding tert-OH is 1. The summed E-state index contributed by atoms with van der Waals surface area (Å²) in [6, 6.07) is 0.0805. The van der Waals surface area contributed by atoms with E-state index in [0.717, 1.165) is 23.3 Å². The Morgan fingerprint density at radius 1 is 1.58 bits per heavy atom. The van der Waals surface area contributed by atoms with Crippen LogP contribution in [0.1, 0.15) is 31.5 Å². The van der Waals surface area contributed by atoms with Gasteiger partial charge in [0, 0.05) is 18.2 Å². The highest BCUT2D eigenvalue weighted by atomic mass is 16.3. The Morgan fingerprint density at radius 3 is 3.05 bits per heavy atom. The largest absolute Gasteiger partial charge is 0.395 e. The van der Waals surface area contributed by atoms with Crippen molar-refractivity contribution < 1.29 is 5.11 Å². The number of aliphatic hydroxyl groups is 1. The van der Waals surface area contributed by atoms with E-state index in [9.17, 15) is 9.90 Å². The van der Waals surface area contributed by atoms with Gasteiger partial charge in [0.2, 0.25) is 0 Å². The van der Waals surface area contributed by atoms with Crippen LogP contribution in [0, 0.1) is 5.92 Å². The lowest BCUT2D eigenvalue weighted by atomic mass is 9.99. The number of aromatic amines is 1. The van der Waals surface area contributed by atoms with Crippen molar-refractivity contribution in [3.05, 3.63) is 34.0 Å². The van der Waals surface area contributed by atoms with Gasteiger partial charge in [-0.3, -0.25) is 4.79 Å². The number of hydrogen-bond acceptors (Lipinski definition) is 4. The minimum absolute atomic E-state index is 0.0584. The molecule has 104 valence electrons. The average molecular weight is 263 g/mol. The Labute approximate surface area is 112 Å². The van der Waals surface area contributed by atoms with Gasteiger partial charge in [0.1, 0.15) is 0 Å². The van der Waals surface area contributed by atoms with Gasteiger partial charge in [-0.15, -0.1) is 0 Å². The van der Waals surface area contributed by atoms with Crippen LogP contribution < -0.4 is 10.9 Å². The molecule has 0 amide bonds. The molecule has 1 aliphatic rings. The minimum atomic E-state index is -0.0584. The summed E-state index contributed by atoms with van der Waals surface area (Å²) in [5.41, 5.74) is 2.51. The molecule has 2 atom stereocenters. The molecule has 2 rings (SSSR count). The Bertz CT molecular complexity index is 522. The molecule has 0 radical (unpaired) electrons. The fraction of sp³-hybridized carbons (Fsp3) is 0.571. The van der Waals surface area contributed by atoms with E-state index in [1.807, 2.05) is 6.08 Å². The number of fused-ring (bicyclic) bond motifs is 1. The molecule has 1 aliphatic carbocycles. The van der Waals surface area contributed by atoms with Crippen LogP contribution >= 0.6 is 0 Å². The fourth-order valence-corrected chi connectivity index (χ4v) is 2.34. The first kappa shape index (κ1) is 14.0. The van der Waals surface area contributed by atoms with Gasteiger partial charge in [-0.05, 0) is 17.9 Å². The van der Waals surface area contributed by atoms with Gasteiger partial charge < -0.3 is 15.4 Å². The average Bonchev–Trinajstić information content (AvgIpc) is 2.84. The monoisotopic (exact) mass is 263 g/mol. The Balaban J connectivity index is 2.03. The summed E-state index contributed by atoms with van der Waals surface area (Å²) >= 11 is 0. The van der Waals surface area contributed by atoms with Crippen molar-refractivity contribution in [1.29, 1.82) is 0 Å². The molecular formula is C14H21N3O2. The van der Waals surface area contributed by atoms with Crippen molar-refractivity contribution in [3.8, 4) is 0 Å².